The lowest BCUT2D eigenvalue weighted by molar-refractivity contribution is -0.137. The molecular formula is C19H14ClF3N2O2S. The monoisotopic (exact) mass is 426 g/mol. The minimum absolute atomic E-state index is 0.000441. The molecule has 0 unspecified atom stereocenters. The third-order valence-electron chi connectivity index (χ3n) is 3.58. The summed E-state index contributed by atoms with van der Waals surface area (Å²) in [6.07, 6.45) is -3.05. The number of hydrogen-bond acceptors (Lipinski definition) is 5. The summed E-state index contributed by atoms with van der Waals surface area (Å²) >= 11 is 7.22. The van der Waals surface area contributed by atoms with Gasteiger partial charge in [0.25, 0.3) is 5.88 Å². The summed E-state index contributed by atoms with van der Waals surface area (Å²) in [6, 6.07) is 11.9. The van der Waals surface area contributed by atoms with Gasteiger partial charge in [0.15, 0.2) is 10.9 Å². The molecule has 28 heavy (non-hydrogen) atoms. The Kier molecular flexibility index (Phi) is 6.31. The Morgan fingerprint density at radius 3 is 2.54 bits per heavy atom. The number of aromatic nitrogens is 2. The summed E-state index contributed by atoms with van der Waals surface area (Å²) < 4.78 is 49.3. The lowest BCUT2D eigenvalue weighted by atomic mass is 10.2. The Morgan fingerprint density at radius 1 is 1.11 bits per heavy atom. The van der Waals surface area contributed by atoms with Crippen LogP contribution < -0.4 is 9.47 Å². The highest BCUT2D eigenvalue weighted by Gasteiger charge is 2.30. The second-order valence-electron chi connectivity index (χ2n) is 5.57. The predicted molar refractivity (Wildman–Crippen MR) is 101 cm³/mol. The van der Waals surface area contributed by atoms with E-state index in [9.17, 15) is 13.2 Å². The van der Waals surface area contributed by atoms with Crippen LogP contribution in [0.2, 0.25) is 5.02 Å². The predicted octanol–water partition coefficient (Wildman–Crippen LogP) is 6.24. The van der Waals surface area contributed by atoms with Crippen LogP contribution in [0.3, 0.4) is 0 Å². The molecule has 3 rings (SSSR count). The standard InChI is InChI=1S/C19H14ClF3N2O2S/c1-26-16-10-24-18(28-11-12-5-7-14(20)8-6-12)25-17(16)27-15-4-2-3-13(9-15)19(21,22)23/h2-10H,11H2,1H3. The Labute approximate surface area is 168 Å². The molecule has 0 aliphatic heterocycles. The maximum absolute atomic E-state index is 12.9. The average molecular weight is 427 g/mol. The highest BCUT2D eigenvalue weighted by atomic mass is 35.5. The summed E-state index contributed by atoms with van der Waals surface area (Å²) in [6.45, 7) is 0. The molecule has 0 amide bonds. The van der Waals surface area contributed by atoms with Crippen LogP contribution in [0.1, 0.15) is 11.1 Å². The van der Waals surface area contributed by atoms with Gasteiger partial charge in [0.05, 0.1) is 18.9 Å². The van der Waals surface area contributed by atoms with Gasteiger partial charge in [-0.05, 0) is 35.9 Å². The van der Waals surface area contributed by atoms with Gasteiger partial charge in [-0.1, -0.05) is 41.6 Å². The van der Waals surface area contributed by atoms with Crippen molar-refractivity contribution in [3.63, 3.8) is 0 Å². The molecule has 9 heteroatoms. The number of benzene rings is 2. The first-order chi connectivity index (χ1) is 13.3. The molecule has 0 radical (unpaired) electrons. The number of alkyl halides is 3. The van der Waals surface area contributed by atoms with E-state index in [1.807, 2.05) is 12.1 Å². The van der Waals surface area contributed by atoms with Gasteiger partial charge >= 0.3 is 6.18 Å². The Hall–Kier alpha value is -2.45. The van der Waals surface area contributed by atoms with Crippen LogP contribution in [0.5, 0.6) is 17.4 Å². The van der Waals surface area contributed by atoms with E-state index in [0.29, 0.717) is 15.9 Å². The fraction of sp³-hybridized carbons (Fsp3) is 0.158. The number of halogens is 4. The molecule has 0 atom stereocenters. The molecule has 4 nitrogen and oxygen atoms in total. The van der Waals surface area contributed by atoms with Crippen LogP contribution in [0, 0.1) is 0 Å². The van der Waals surface area contributed by atoms with E-state index in [0.717, 1.165) is 17.7 Å². The van der Waals surface area contributed by atoms with Crippen LogP contribution in [0.25, 0.3) is 0 Å². The first-order valence-electron chi connectivity index (χ1n) is 7.98. The highest BCUT2D eigenvalue weighted by Crippen LogP contribution is 2.35. The van der Waals surface area contributed by atoms with Gasteiger partial charge in [0, 0.05) is 10.8 Å². The normalized spacial score (nSPS) is 11.3. The Balaban J connectivity index is 1.78. The third-order valence-corrected chi connectivity index (χ3v) is 4.76. The zero-order valence-electron chi connectivity index (χ0n) is 14.5. The number of hydrogen-bond donors (Lipinski definition) is 0. The smallest absolute Gasteiger partial charge is 0.416 e. The molecular weight excluding hydrogens is 413 g/mol. The van der Waals surface area contributed by atoms with E-state index in [1.54, 1.807) is 12.1 Å². The Morgan fingerprint density at radius 2 is 1.86 bits per heavy atom. The second-order valence-corrected chi connectivity index (χ2v) is 6.95. The van der Waals surface area contributed by atoms with Crippen molar-refractivity contribution in [3.05, 3.63) is 70.9 Å². The third kappa shape index (κ3) is 5.30. The molecule has 2 aromatic carbocycles. The molecule has 1 aromatic heterocycles. The highest BCUT2D eigenvalue weighted by molar-refractivity contribution is 7.98. The summed E-state index contributed by atoms with van der Waals surface area (Å²) in [5.41, 5.74) is 0.213. The van der Waals surface area contributed by atoms with Crippen LogP contribution in [-0.4, -0.2) is 17.1 Å². The second kappa shape index (κ2) is 8.70. The minimum Gasteiger partial charge on any atom is -0.490 e. The van der Waals surface area contributed by atoms with Crippen molar-refractivity contribution in [2.75, 3.05) is 7.11 Å². The van der Waals surface area contributed by atoms with E-state index >= 15 is 0 Å². The summed E-state index contributed by atoms with van der Waals surface area (Å²) in [4.78, 5) is 8.44. The fourth-order valence-electron chi connectivity index (χ4n) is 2.20. The number of ether oxygens (including phenoxy) is 2. The van der Waals surface area contributed by atoms with Crippen LogP contribution >= 0.6 is 23.4 Å². The van der Waals surface area contributed by atoms with Crippen LogP contribution in [0.15, 0.2) is 59.9 Å². The molecule has 0 aliphatic carbocycles. The van der Waals surface area contributed by atoms with Crippen molar-refractivity contribution in [3.8, 4) is 17.4 Å². The molecule has 1 heterocycles. The van der Waals surface area contributed by atoms with Crippen molar-refractivity contribution in [1.29, 1.82) is 0 Å². The van der Waals surface area contributed by atoms with Gasteiger partial charge < -0.3 is 9.47 Å². The maximum Gasteiger partial charge on any atom is 0.416 e. The molecule has 3 aromatic rings. The number of nitrogens with zero attached hydrogens (tertiary/aromatic N) is 2. The summed E-state index contributed by atoms with van der Waals surface area (Å²) in [5, 5.41) is 1.05. The van der Waals surface area contributed by atoms with Crippen molar-refractivity contribution in [2.45, 2.75) is 17.1 Å². The lowest BCUT2D eigenvalue weighted by Crippen LogP contribution is -2.04. The van der Waals surface area contributed by atoms with Crippen molar-refractivity contribution in [1.82, 2.24) is 9.97 Å². The zero-order valence-corrected chi connectivity index (χ0v) is 16.1. The van der Waals surface area contributed by atoms with Gasteiger partial charge in [-0.2, -0.15) is 18.2 Å². The van der Waals surface area contributed by atoms with Crippen LogP contribution in [0.4, 0.5) is 13.2 Å². The SMILES string of the molecule is COc1cnc(SCc2ccc(Cl)cc2)nc1Oc1cccc(C(F)(F)F)c1. The van der Waals surface area contributed by atoms with E-state index in [2.05, 4.69) is 9.97 Å². The summed E-state index contributed by atoms with van der Waals surface area (Å²) in [7, 11) is 1.40. The first-order valence-corrected chi connectivity index (χ1v) is 9.35. The van der Waals surface area contributed by atoms with Gasteiger partial charge in [0.2, 0.25) is 0 Å². The zero-order chi connectivity index (χ0) is 20.1. The molecule has 0 saturated heterocycles. The number of thioether (sulfide) groups is 1. The van der Waals surface area contributed by atoms with Gasteiger partial charge in [-0.15, -0.1) is 0 Å². The molecule has 0 spiro atoms. The minimum atomic E-state index is -4.46. The number of methoxy groups -OCH3 is 1. The molecule has 0 N–H and O–H groups in total. The lowest BCUT2D eigenvalue weighted by Gasteiger charge is -2.12. The summed E-state index contributed by atoms with van der Waals surface area (Å²) in [5.74, 6) is 0.844. The largest absolute Gasteiger partial charge is 0.490 e. The molecule has 146 valence electrons. The van der Waals surface area contributed by atoms with E-state index in [1.165, 1.54) is 37.2 Å². The van der Waals surface area contributed by atoms with E-state index in [4.69, 9.17) is 21.1 Å². The van der Waals surface area contributed by atoms with Crippen LogP contribution in [-0.2, 0) is 11.9 Å². The maximum atomic E-state index is 12.9. The molecule has 0 bridgehead atoms. The van der Waals surface area contributed by atoms with Gasteiger partial charge in [-0.25, -0.2) is 4.98 Å². The average Bonchev–Trinajstić information content (AvgIpc) is 2.67. The quantitative estimate of drug-likeness (QED) is 0.344. The molecule has 0 saturated carbocycles. The van der Waals surface area contributed by atoms with Crippen molar-refractivity contribution < 1.29 is 22.6 Å². The van der Waals surface area contributed by atoms with Gasteiger partial charge in [0.1, 0.15) is 5.75 Å². The molecule has 0 aliphatic rings. The van der Waals surface area contributed by atoms with Gasteiger partial charge in [-0.3, -0.25) is 0 Å². The Bertz CT molecular complexity index is 953. The van der Waals surface area contributed by atoms with Crippen molar-refractivity contribution in [2.24, 2.45) is 0 Å². The molecule has 0 fully saturated rings. The van der Waals surface area contributed by atoms with Crippen molar-refractivity contribution >= 4 is 23.4 Å². The van der Waals surface area contributed by atoms with E-state index < -0.39 is 11.7 Å². The first kappa shape index (κ1) is 20.3. The fourth-order valence-corrected chi connectivity index (χ4v) is 3.09. The topological polar surface area (TPSA) is 44.2 Å². The van der Waals surface area contributed by atoms with E-state index in [-0.39, 0.29) is 17.4 Å². The number of rotatable bonds is 6.